The Bertz CT molecular complexity index is 579. The van der Waals surface area contributed by atoms with E-state index in [-0.39, 0.29) is 5.91 Å². The van der Waals surface area contributed by atoms with E-state index in [1.807, 2.05) is 6.92 Å². The molecule has 1 aromatic heterocycles. The summed E-state index contributed by atoms with van der Waals surface area (Å²) in [6.07, 6.45) is 1.94. The molecule has 7 heteroatoms. The zero-order valence-electron chi connectivity index (χ0n) is 11.3. The van der Waals surface area contributed by atoms with Crippen LogP contribution in [0.1, 0.15) is 28.3 Å². The number of hydrogen-bond donors (Lipinski definition) is 1. The second-order valence-electron chi connectivity index (χ2n) is 4.65. The molecule has 20 heavy (non-hydrogen) atoms. The third-order valence-electron chi connectivity index (χ3n) is 3.18. The SMILES string of the molecule is Cc1nc(C(=O)NCCC2=CSC3=NCCCN23)cs1. The van der Waals surface area contributed by atoms with E-state index in [0.717, 1.165) is 36.1 Å². The molecule has 0 bridgehead atoms. The van der Waals surface area contributed by atoms with Crippen LogP contribution in [0.15, 0.2) is 21.5 Å². The molecule has 3 heterocycles. The molecular formula is C13H16N4OS2. The molecule has 0 spiro atoms. The van der Waals surface area contributed by atoms with Crippen molar-refractivity contribution in [3.63, 3.8) is 0 Å². The Morgan fingerprint density at radius 1 is 1.55 bits per heavy atom. The second-order valence-corrected chi connectivity index (χ2v) is 6.55. The Balaban J connectivity index is 1.50. The molecule has 1 aromatic rings. The maximum Gasteiger partial charge on any atom is 0.270 e. The average molecular weight is 308 g/mol. The quantitative estimate of drug-likeness (QED) is 0.926. The smallest absolute Gasteiger partial charge is 0.270 e. The van der Waals surface area contributed by atoms with Crippen LogP contribution in [0, 0.1) is 6.92 Å². The standard InChI is InChI=1S/C13H16N4OS2/c1-9-16-11(8-19-9)12(18)14-5-3-10-7-20-13-15-4-2-6-17(10)13/h7-8H,2-6H2,1H3,(H,14,18). The first-order valence-electron chi connectivity index (χ1n) is 6.62. The highest BCUT2D eigenvalue weighted by molar-refractivity contribution is 8.16. The fraction of sp³-hybridized carbons (Fsp3) is 0.462. The minimum atomic E-state index is -0.0897. The van der Waals surface area contributed by atoms with Crippen molar-refractivity contribution in [3.8, 4) is 0 Å². The largest absolute Gasteiger partial charge is 0.350 e. The van der Waals surface area contributed by atoms with Crippen LogP contribution in [0.4, 0.5) is 0 Å². The van der Waals surface area contributed by atoms with E-state index in [9.17, 15) is 4.79 Å². The van der Waals surface area contributed by atoms with Crippen molar-refractivity contribution >= 4 is 34.2 Å². The van der Waals surface area contributed by atoms with Gasteiger partial charge >= 0.3 is 0 Å². The maximum absolute atomic E-state index is 11.9. The molecule has 0 fully saturated rings. The first-order valence-corrected chi connectivity index (χ1v) is 8.38. The van der Waals surface area contributed by atoms with Crippen LogP contribution in [-0.2, 0) is 0 Å². The number of aliphatic imine (C=N–C) groups is 1. The van der Waals surface area contributed by atoms with Crippen LogP contribution in [0.25, 0.3) is 0 Å². The molecule has 0 unspecified atom stereocenters. The van der Waals surface area contributed by atoms with Crippen molar-refractivity contribution in [1.29, 1.82) is 0 Å². The van der Waals surface area contributed by atoms with Crippen molar-refractivity contribution < 1.29 is 4.79 Å². The number of amides is 1. The number of nitrogens with zero attached hydrogens (tertiary/aromatic N) is 3. The van der Waals surface area contributed by atoms with E-state index in [0.29, 0.717) is 12.2 Å². The van der Waals surface area contributed by atoms with E-state index in [4.69, 9.17) is 0 Å². The molecular weight excluding hydrogens is 292 g/mol. The molecule has 2 aliphatic rings. The Morgan fingerprint density at radius 2 is 2.45 bits per heavy atom. The Labute approximate surface area is 126 Å². The van der Waals surface area contributed by atoms with Crippen LogP contribution < -0.4 is 5.32 Å². The van der Waals surface area contributed by atoms with E-state index < -0.39 is 0 Å². The van der Waals surface area contributed by atoms with Crippen molar-refractivity contribution in [2.24, 2.45) is 4.99 Å². The van der Waals surface area contributed by atoms with E-state index in [1.54, 1.807) is 17.1 Å². The number of carbonyl (C=O) groups excluding carboxylic acids is 1. The molecule has 0 atom stereocenters. The predicted octanol–water partition coefficient (Wildman–Crippen LogP) is 2.22. The first kappa shape index (κ1) is 13.6. The highest BCUT2D eigenvalue weighted by atomic mass is 32.2. The lowest BCUT2D eigenvalue weighted by atomic mass is 10.2. The Kier molecular flexibility index (Phi) is 4.07. The monoisotopic (exact) mass is 308 g/mol. The van der Waals surface area contributed by atoms with Gasteiger partial charge in [0.05, 0.1) is 5.01 Å². The van der Waals surface area contributed by atoms with E-state index in [2.05, 4.69) is 25.6 Å². The van der Waals surface area contributed by atoms with Gasteiger partial charge in [0.15, 0.2) is 5.17 Å². The lowest BCUT2D eigenvalue weighted by Crippen LogP contribution is -2.32. The Hall–Kier alpha value is -1.34. The third-order valence-corrected chi connectivity index (χ3v) is 4.91. The van der Waals surface area contributed by atoms with Gasteiger partial charge in [-0.25, -0.2) is 4.98 Å². The molecule has 2 aliphatic heterocycles. The second kappa shape index (κ2) is 5.97. The average Bonchev–Trinajstić information content (AvgIpc) is 3.06. The lowest BCUT2D eigenvalue weighted by Gasteiger charge is -2.25. The summed E-state index contributed by atoms with van der Waals surface area (Å²) in [4.78, 5) is 22.8. The number of amidine groups is 1. The molecule has 1 N–H and O–H groups in total. The summed E-state index contributed by atoms with van der Waals surface area (Å²) in [7, 11) is 0. The van der Waals surface area contributed by atoms with Gasteiger partial charge in [-0.2, -0.15) is 0 Å². The van der Waals surface area contributed by atoms with Crippen LogP contribution in [0.2, 0.25) is 0 Å². The van der Waals surface area contributed by atoms with Crippen LogP contribution in [0.3, 0.4) is 0 Å². The molecule has 0 radical (unpaired) electrons. The van der Waals surface area contributed by atoms with Crippen molar-refractivity contribution in [2.45, 2.75) is 19.8 Å². The number of aryl methyl sites for hydroxylation is 1. The number of thioether (sulfide) groups is 1. The summed E-state index contributed by atoms with van der Waals surface area (Å²) in [5.74, 6) is -0.0897. The topological polar surface area (TPSA) is 57.6 Å². The van der Waals surface area contributed by atoms with Gasteiger partial charge in [0.1, 0.15) is 5.69 Å². The van der Waals surface area contributed by atoms with Crippen molar-refractivity contribution in [1.82, 2.24) is 15.2 Å². The minimum Gasteiger partial charge on any atom is -0.350 e. The molecule has 0 saturated carbocycles. The zero-order valence-corrected chi connectivity index (χ0v) is 12.9. The molecule has 0 aromatic carbocycles. The minimum absolute atomic E-state index is 0.0897. The number of rotatable bonds is 4. The number of aromatic nitrogens is 1. The van der Waals surface area contributed by atoms with Gasteiger partial charge in [0.25, 0.3) is 5.91 Å². The summed E-state index contributed by atoms with van der Waals surface area (Å²) in [5.41, 5.74) is 1.77. The van der Waals surface area contributed by atoms with Crippen LogP contribution >= 0.6 is 23.1 Å². The molecule has 106 valence electrons. The highest BCUT2D eigenvalue weighted by Crippen LogP contribution is 2.30. The highest BCUT2D eigenvalue weighted by Gasteiger charge is 2.24. The summed E-state index contributed by atoms with van der Waals surface area (Å²) in [5, 5.41) is 8.88. The van der Waals surface area contributed by atoms with Gasteiger partial charge < -0.3 is 10.2 Å². The van der Waals surface area contributed by atoms with Crippen molar-refractivity contribution in [2.75, 3.05) is 19.6 Å². The number of nitrogens with one attached hydrogen (secondary N) is 1. The fourth-order valence-electron chi connectivity index (χ4n) is 2.19. The van der Waals surface area contributed by atoms with E-state index in [1.165, 1.54) is 17.0 Å². The maximum atomic E-state index is 11.9. The predicted molar refractivity (Wildman–Crippen MR) is 83.1 cm³/mol. The molecule has 5 nitrogen and oxygen atoms in total. The summed E-state index contributed by atoms with van der Waals surface area (Å²) in [6, 6.07) is 0. The van der Waals surface area contributed by atoms with Gasteiger partial charge in [0, 0.05) is 37.1 Å². The van der Waals surface area contributed by atoms with Gasteiger partial charge in [-0.15, -0.1) is 11.3 Å². The van der Waals surface area contributed by atoms with E-state index >= 15 is 0 Å². The summed E-state index contributed by atoms with van der Waals surface area (Å²) < 4.78 is 0. The normalized spacial score (nSPS) is 17.6. The van der Waals surface area contributed by atoms with Gasteiger partial charge in [-0.1, -0.05) is 11.8 Å². The lowest BCUT2D eigenvalue weighted by molar-refractivity contribution is 0.0949. The van der Waals surface area contributed by atoms with Gasteiger partial charge in [-0.05, 0) is 18.8 Å². The third kappa shape index (κ3) is 2.88. The zero-order chi connectivity index (χ0) is 13.9. The summed E-state index contributed by atoms with van der Waals surface area (Å²) in [6.45, 7) is 4.50. The molecule has 1 amide bonds. The molecule has 0 saturated heterocycles. The van der Waals surface area contributed by atoms with Crippen LogP contribution in [0.5, 0.6) is 0 Å². The first-order chi connectivity index (χ1) is 9.74. The number of carbonyl (C=O) groups is 1. The molecule has 0 aliphatic carbocycles. The fourth-order valence-corrected chi connectivity index (χ4v) is 3.77. The molecule has 3 rings (SSSR count). The van der Waals surface area contributed by atoms with Gasteiger partial charge in [-0.3, -0.25) is 9.79 Å². The number of fused-ring (bicyclic) bond motifs is 1. The van der Waals surface area contributed by atoms with Crippen LogP contribution in [-0.4, -0.2) is 40.6 Å². The Morgan fingerprint density at radius 3 is 3.25 bits per heavy atom. The number of hydrogen-bond acceptors (Lipinski definition) is 6. The number of thiazole rings is 1. The summed E-state index contributed by atoms with van der Waals surface area (Å²) >= 11 is 3.18. The van der Waals surface area contributed by atoms with Gasteiger partial charge in [0.2, 0.25) is 0 Å². The van der Waals surface area contributed by atoms with Crippen molar-refractivity contribution in [3.05, 3.63) is 27.2 Å².